The topological polar surface area (TPSA) is 38.9 Å². The highest BCUT2D eigenvalue weighted by atomic mass is 32.1. The average molecular weight is 163 g/mol. The van der Waals surface area contributed by atoms with Crippen molar-refractivity contribution in [1.29, 1.82) is 0 Å². The van der Waals surface area contributed by atoms with E-state index in [4.69, 9.17) is 5.73 Å². The summed E-state index contributed by atoms with van der Waals surface area (Å²) in [4.78, 5) is 4.20. The summed E-state index contributed by atoms with van der Waals surface area (Å²) in [5.41, 5.74) is 7.27. The fourth-order valence-electron chi connectivity index (χ4n) is 0.992. The molecule has 3 heteroatoms. The van der Waals surface area contributed by atoms with E-state index in [9.17, 15) is 0 Å². The number of nitrogens with two attached hydrogens (primary N) is 1. The summed E-state index contributed by atoms with van der Waals surface area (Å²) >= 11 is 1.58. The van der Waals surface area contributed by atoms with Crippen molar-refractivity contribution < 1.29 is 0 Å². The van der Waals surface area contributed by atoms with E-state index in [-0.39, 0.29) is 0 Å². The first-order valence-electron chi connectivity index (χ1n) is 3.24. The molecule has 0 atom stereocenters. The lowest BCUT2D eigenvalue weighted by molar-refractivity contribution is 1.43. The maximum atomic E-state index is 5.58. The minimum Gasteiger partial charge on any atom is -0.399 e. The number of hydrogen-bond donors (Lipinski definition) is 1. The van der Waals surface area contributed by atoms with E-state index in [1.807, 2.05) is 18.2 Å². The van der Waals surface area contributed by atoms with Gasteiger partial charge in [0.25, 0.3) is 0 Å². The Morgan fingerprint density at radius 3 is 3.09 bits per heavy atom. The lowest BCUT2D eigenvalue weighted by Gasteiger charge is -1.89. The Hall–Kier alpha value is -1.09. The summed E-state index contributed by atoms with van der Waals surface area (Å²) in [7, 11) is 0. The molecule has 11 heavy (non-hydrogen) atoms. The molecule has 1 radical (unpaired) electrons. The van der Waals surface area contributed by atoms with Crippen LogP contribution in [0.25, 0.3) is 10.2 Å². The van der Waals surface area contributed by atoms with Crippen LogP contribution < -0.4 is 5.73 Å². The molecule has 0 bridgehead atoms. The summed E-state index contributed by atoms with van der Waals surface area (Å²) in [6.07, 6.45) is 0. The monoisotopic (exact) mass is 163 g/mol. The average Bonchev–Trinajstić information content (AvgIpc) is 2.27. The van der Waals surface area contributed by atoms with E-state index >= 15 is 0 Å². The van der Waals surface area contributed by atoms with Crippen LogP contribution in [0.2, 0.25) is 0 Å². The molecule has 1 heterocycles. The second kappa shape index (κ2) is 2.20. The van der Waals surface area contributed by atoms with E-state index < -0.39 is 0 Å². The molecule has 0 fully saturated rings. The lowest BCUT2D eigenvalue weighted by Crippen LogP contribution is -1.81. The quantitative estimate of drug-likeness (QED) is 0.604. The van der Waals surface area contributed by atoms with Crippen LogP contribution in [0.15, 0.2) is 18.2 Å². The van der Waals surface area contributed by atoms with Gasteiger partial charge < -0.3 is 5.73 Å². The van der Waals surface area contributed by atoms with Gasteiger partial charge in [0, 0.05) is 12.6 Å². The Morgan fingerprint density at radius 1 is 1.45 bits per heavy atom. The fraction of sp³-hybridized carbons (Fsp3) is 0. The molecular formula is C8H7N2S. The van der Waals surface area contributed by atoms with E-state index in [0.29, 0.717) is 0 Å². The molecule has 0 saturated carbocycles. The van der Waals surface area contributed by atoms with Crippen LogP contribution in [-0.4, -0.2) is 4.98 Å². The number of hydrogen-bond acceptors (Lipinski definition) is 3. The van der Waals surface area contributed by atoms with Gasteiger partial charge in [-0.25, -0.2) is 4.98 Å². The largest absolute Gasteiger partial charge is 0.399 e. The molecule has 2 nitrogen and oxygen atoms in total. The molecule has 0 saturated heterocycles. The first-order chi connectivity index (χ1) is 5.25. The number of nitrogen functional groups attached to an aromatic ring is 1. The Kier molecular flexibility index (Phi) is 1.32. The minimum atomic E-state index is 0.753. The molecular weight excluding hydrogens is 156 g/mol. The molecule has 2 N–H and O–H groups in total. The molecule has 0 aliphatic carbocycles. The Morgan fingerprint density at radius 2 is 2.27 bits per heavy atom. The molecule has 55 valence electrons. The molecule has 0 spiro atoms. The summed E-state index contributed by atoms with van der Waals surface area (Å²) in [6.45, 7) is 3.75. The van der Waals surface area contributed by atoms with E-state index in [1.165, 1.54) is 0 Å². The van der Waals surface area contributed by atoms with Gasteiger partial charge in [-0.15, -0.1) is 11.3 Å². The third-order valence-electron chi connectivity index (χ3n) is 1.46. The number of thiazole rings is 1. The van der Waals surface area contributed by atoms with Crippen LogP contribution >= 0.6 is 11.3 Å². The van der Waals surface area contributed by atoms with Crippen molar-refractivity contribution in [2.45, 2.75) is 0 Å². The normalized spacial score (nSPS) is 10.6. The molecule has 0 aliphatic rings. The van der Waals surface area contributed by atoms with E-state index in [0.717, 1.165) is 20.9 Å². The highest BCUT2D eigenvalue weighted by Crippen LogP contribution is 2.22. The van der Waals surface area contributed by atoms with E-state index in [1.54, 1.807) is 11.3 Å². The number of fused-ring (bicyclic) bond motifs is 1. The highest BCUT2D eigenvalue weighted by molar-refractivity contribution is 7.18. The van der Waals surface area contributed by atoms with Crippen LogP contribution in [-0.2, 0) is 0 Å². The predicted octanol–water partition coefficient (Wildman–Crippen LogP) is 2.06. The summed E-state index contributed by atoms with van der Waals surface area (Å²) in [5, 5.41) is 0.839. The van der Waals surface area contributed by atoms with Crippen LogP contribution in [0.4, 0.5) is 5.69 Å². The fourth-order valence-corrected chi connectivity index (χ4v) is 1.74. The molecule has 1 aromatic heterocycles. The number of nitrogens with zero attached hydrogens (tertiary/aromatic N) is 1. The van der Waals surface area contributed by atoms with Crippen LogP contribution in [0, 0.1) is 6.92 Å². The van der Waals surface area contributed by atoms with Gasteiger partial charge >= 0.3 is 0 Å². The Bertz CT molecular complexity index is 392. The lowest BCUT2D eigenvalue weighted by atomic mass is 10.3. The van der Waals surface area contributed by atoms with Gasteiger partial charge in [0.2, 0.25) is 0 Å². The summed E-state index contributed by atoms with van der Waals surface area (Å²) in [6, 6.07) is 5.71. The second-order valence-electron chi connectivity index (χ2n) is 2.33. The zero-order chi connectivity index (χ0) is 7.84. The summed E-state index contributed by atoms with van der Waals surface area (Å²) in [5.74, 6) is 0. The van der Waals surface area contributed by atoms with Crippen molar-refractivity contribution in [2.24, 2.45) is 0 Å². The minimum absolute atomic E-state index is 0.753. The highest BCUT2D eigenvalue weighted by Gasteiger charge is 1.98. The second-order valence-corrected chi connectivity index (χ2v) is 3.45. The van der Waals surface area contributed by atoms with Gasteiger partial charge in [-0.1, -0.05) is 0 Å². The number of rotatable bonds is 0. The molecule has 0 aliphatic heterocycles. The van der Waals surface area contributed by atoms with Gasteiger partial charge in [0.15, 0.2) is 0 Å². The smallest absolute Gasteiger partial charge is 0.0942 e. The maximum Gasteiger partial charge on any atom is 0.0942 e. The predicted molar refractivity (Wildman–Crippen MR) is 48.5 cm³/mol. The van der Waals surface area contributed by atoms with Crippen molar-refractivity contribution >= 4 is 27.2 Å². The van der Waals surface area contributed by atoms with Gasteiger partial charge in [-0.2, -0.15) is 0 Å². The zero-order valence-electron chi connectivity index (χ0n) is 5.87. The van der Waals surface area contributed by atoms with Gasteiger partial charge in [-0.05, 0) is 18.2 Å². The SMILES string of the molecule is [CH2]c1nc2cc(N)ccc2s1. The van der Waals surface area contributed by atoms with Crippen molar-refractivity contribution in [3.63, 3.8) is 0 Å². The van der Waals surface area contributed by atoms with Crippen LogP contribution in [0.1, 0.15) is 5.01 Å². The van der Waals surface area contributed by atoms with Crippen molar-refractivity contribution in [3.8, 4) is 0 Å². The Labute approximate surface area is 68.7 Å². The molecule has 1 aromatic carbocycles. The number of anilines is 1. The maximum absolute atomic E-state index is 5.58. The zero-order valence-corrected chi connectivity index (χ0v) is 6.69. The third kappa shape index (κ3) is 1.07. The van der Waals surface area contributed by atoms with Crippen LogP contribution in [0.5, 0.6) is 0 Å². The van der Waals surface area contributed by atoms with Gasteiger partial charge in [-0.3, -0.25) is 0 Å². The van der Waals surface area contributed by atoms with Gasteiger partial charge in [0.05, 0.1) is 15.2 Å². The molecule has 0 amide bonds. The van der Waals surface area contributed by atoms with Crippen LogP contribution in [0.3, 0.4) is 0 Å². The van der Waals surface area contributed by atoms with Crippen molar-refractivity contribution in [2.75, 3.05) is 5.73 Å². The van der Waals surface area contributed by atoms with E-state index in [2.05, 4.69) is 11.9 Å². The molecule has 2 rings (SSSR count). The Balaban J connectivity index is 2.82. The third-order valence-corrected chi connectivity index (χ3v) is 2.35. The molecule has 2 aromatic rings. The van der Waals surface area contributed by atoms with Crippen molar-refractivity contribution in [1.82, 2.24) is 4.98 Å². The first kappa shape index (κ1) is 6.61. The first-order valence-corrected chi connectivity index (χ1v) is 4.05. The standard InChI is InChI=1S/C8H7N2S/c1-5-10-7-4-6(9)2-3-8(7)11-5/h2-4H,1,9H2. The summed E-state index contributed by atoms with van der Waals surface area (Å²) < 4.78 is 1.14. The number of aromatic nitrogens is 1. The number of benzene rings is 1. The van der Waals surface area contributed by atoms with Gasteiger partial charge in [0.1, 0.15) is 0 Å². The molecule has 0 unspecified atom stereocenters. The van der Waals surface area contributed by atoms with Crippen molar-refractivity contribution in [3.05, 3.63) is 30.1 Å².